The molecule has 0 aromatic heterocycles. The summed E-state index contributed by atoms with van der Waals surface area (Å²) in [6, 6.07) is 0. The third kappa shape index (κ3) is 24.5. The summed E-state index contributed by atoms with van der Waals surface area (Å²) >= 11 is 0. The molecule has 0 amide bonds. The van der Waals surface area contributed by atoms with Gasteiger partial charge in [0.2, 0.25) is 0 Å². The highest BCUT2D eigenvalue weighted by atomic mass is 31.2. The smallest absolute Gasteiger partial charge is 0.379 e. The van der Waals surface area contributed by atoms with Crippen LogP contribution in [0.15, 0.2) is 0 Å². The van der Waals surface area contributed by atoms with E-state index in [1.54, 1.807) is 6.92 Å². The van der Waals surface area contributed by atoms with E-state index in [0.29, 0.717) is 24.2 Å². The summed E-state index contributed by atoms with van der Waals surface area (Å²) in [5.74, 6) is 0. The Balaban J connectivity index is 3.42. The summed E-state index contributed by atoms with van der Waals surface area (Å²) in [6.45, 7) is 5.80. The minimum Gasteiger partial charge on any atom is -0.379 e. The molecule has 31 heavy (non-hydrogen) atoms. The second kappa shape index (κ2) is 19.5. The molecule has 0 spiro atoms. The van der Waals surface area contributed by atoms with E-state index >= 15 is 0 Å². The maximum atomic E-state index is 11.9. The van der Waals surface area contributed by atoms with Gasteiger partial charge in [0.1, 0.15) is 13.2 Å². The molecule has 2 unspecified atom stereocenters. The van der Waals surface area contributed by atoms with Gasteiger partial charge in [-0.25, -0.2) is 4.57 Å². The first-order valence-corrected chi connectivity index (χ1v) is 14.2. The quantitative estimate of drug-likeness (QED) is 0.103. The minimum atomic E-state index is -4.02. The molecule has 0 aliphatic heterocycles. The van der Waals surface area contributed by atoms with Gasteiger partial charge in [0, 0.05) is 6.61 Å². The SMILES string of the molecule is CCCCCCCCCCCCCCCCOCC(C)OP(=O)(O)OCC[N+](C)(C)C. The first kappa shape index (κ1) is 31.0. The number of phosphoric acid groups is 1. The van der Waals surface area contributed by atoms with Crippen LogP contribution in [-0.2, 0) is 18.3 Å². The lowest BCUT2D eigenvalue weighted by atomic mass is 10.0. The number of unbranched alkanes of at least 4 members (excludes halogenated alkanes) is 13. The van der Waals surface area contributed by atoms with E-state index in [-0.39, 0.29) is 6.61 Å². The van der Waals surface area contributed by atoms with Gasteiger partial charge in [-0.3, -0.25) is 9.05 Å². The Morgan fingerprint density at radius 3 is 1.68 bits per heavy atom. The molecule has 0 rings (SSSR count). The van der Waals surface area contributed by atoms with Crippen molar-refractivity contribution in [3.63, 3.8) is 0 Å². The number of likely N-dealkylation sites (N-methyl/N-ethyl adjacent to an activating group) is 1. The van der Waals surface area contributed by atoms with Crippen LogP contribution >= 0.6 is 7.82 Å². The maximum absolute atomic E-state index is 11.9. The third-order valence-corrected chi connectivity index (χ3v) is 6.46. The van der Waals surface area contributed by atoms with Gasteiger partial charge in [-0.05, 0) is 13.3 Å². The van der Waals surface area contributed by atoms with E-state index in [4.69, 9.17) is 13.8 Å². The summed E-state index contributed by atoms with van der Waals surface area (Å²) in [4.78, 5) is 9.77. The minimum absolute atomic E-state index is 0.184. The van der Waals surface area contributed by atoms with Gasteiger partial charge in [-0.15, -0.1) is 0 Å². The van der Waals surface area contributed by atoms with Gasteiger partial charge in [0.25, 0.3) is 0 Å². The van der Waals surface area contributed by atoms with E-state index in [9.17, 15) is 9.46 Å². The molecule has 0 radical (unpaired) electrons. The Kier molecular flexibility index (Phi) is 19.5. The fraction of sp³-hybridized carbons (Fsp3) is 1.00. The average Bonchev–Trinajstić information content (AvgIpc) is 2.66. The molecule has 0 heterocycles. The van der Waals surface area contributed by atoms with E-state index in [2.05, 4.69) is 6.92 Å². The van der Waals surface area contributed by atoms with Crippen LogP contribution in [0.25, 0.3) is 0 Å². The van der Waals surface area contributed by atoms with Gasteiger partial charge in [-0.1, -0.05) is 90.4 Å². The molecule has 0 aromatic carbocycles. The number of nitrogens with zero attached hydrogens (tertiary/aromatic N) is 1. The van der Waals surface area contributed by atoms with Crippen molar-refractivity contribution in [3.05, 3.63) is 0 Å². The number of ether oxygens (including phenoxy) is 1. The first-order chi connectivity index (χ1) is 14.7. The molecule has 0 saturated carbocycles. The topological polar surface area (TPSA) is 65.0 Å². The Labute approximate surface area is 193 Å². The van der Waals surface area contributed by atoms with Gasteiger partial charge in [0.05, 0.1) is 33.9 Å². The van der Waals surface area contributed by atoms with Crippen molar-refractivity contribution in [2.75, 3.05) is 47.5 Å². The van der Waals surface area contributed by atoms with Crippen molar-refractivity contribution in [1.82, 2.24) is 0 Å². The molecule has 0 saturated heterocycles. The zero-order valence-corrected chi connectivity index (χ0v) is 22.2. The van der Waals surface area contributed by atoms with E-state index < -0.39 is 13.9 Å². The van der Waals surface area contributed by atoms with Crippen LogP contribution in [0, 0.1) is 0 Å². The molecule has 7 heteroatoms. The lowest BCUT2D eigenvalue weighted by molar-refractivity contribution is -0.870. The number of rotatable bonds is 23. The zero-order valence-electron chi connectivity index (χ0n) is 21.3. The standard InChI is InChI=1S/C24H52NO5P/c1-6-7-8-9-10-11-12-13-14-15-16-17-18-19-21-28-23-24(2)30-31(26,27)29-22-20-25(3,4)5/h24H,6-23H2,1-5H3/p+1. The van der Waals surface area contributed by atoms with Crippen LogP contribution in [0.3, 0.4) is 0 Å². The highest BCUT2D eigenvalue weighted by Crippen LogP contribution is 2.44. The second-order valence-electron chi connectivity index (χ2n) is 9.90. The largest absolute Gasteiger partial charge is 0.472 e. The molecular weight excluding hydrogens is 413 g/mol. The average molecular weight is 467 g/mol. The normalized spacial score (nSPS) is 15.2. The molecule has 0 aromatic rings. The molecular formula is C24H53NO5P+. The fourth-order valence-electron chi connectivity index (χ4n) is 3.37. The van der Waals surface area contributed by atoms with Crippen LogP contribution in [0.2, 0.25) is 0 Å². The zero-order chi connectivity index (χ0) is 23.4. The predicted molar refractivity (Wildman–Crippen MR) is 130 cm³/mol. The van der Waals surface area contributed by atoms with Gasteiger partial charge in [-0.2, -0.15) is 0 Å². The summed E-state index contributed by atoms with van der Waals surface area (Å²) in [7, 11) is 1.98. The van der Waals surface area contributed by atoms with Crippen LogP contribution in [0.5, 0.6) is 0 Å². The molecule has 2 atom stereocenters. The maximum Gasteiger partial charge on any atom is 0.472 e. The number of hydrogen-bond donors (Lipinski definition) is 1. The molecule has 6 nitrogen and oxygen atoms in total. The predicted octanol–water partition coefficient (Wildman–Crippen LogP) is 6.71. The Hall–Kier alpha value is 0.0300. The van der Waals surface area contributed by atoms with Crippen molar-refractivity contribution in [2.45, 2.75) is 110 Å². The second-order valence-corrected chi connectivity index (χ2v) is 11.3. The number of phosphoric ester groups is 1. The highest BCUT2D eigenvalue weighted by Gasteiger charge is 2.25. The summed E-state index contributed by atoms with van der Waals surface area (Å²) in [6.07, 6.45) is 18.2. The molecule has 0 bridgehead atoms. The molecule has 0 aliphatic carbocycles. The van der Waals surface area contributed by atoms with Crippen molar-refractivity contribution in [1.29, 1.82) is 0 Å². The molecule has 1 N–H and O–H groups in total. The van der Waals surface area contributed by atoms with Crippen molar-refractivity contribution < 1.29 is 27.7 Å². The van der Waals surface area contributed by atoms with Crippen LogP contribution in [0.4, 0.5) is 0 Å². The molecule has 188 valence electrons. The Bertz CT molecular complexity index is 442. The van der Waals surface area contributed by atoms with Gasteiger partial charge >= 0.3 is 7.82 Å². The van der Waals surface area contributed by atoms with Gasteiger partial charge < -0.3 is 14.1 Å². The fourth-order valence-corrected chi connectivity index (χ4v) is 4.26. The lowest BCUT2D eigenvalue weighted by Crippen LogP contribution is -2.37. The van der Waals surface area contributed by atoms with Crippen LogP contribution in [-0.4, -0.2) is 63.0 Å². The summed E-state index contributed by atoms with van der Waals surface area (Å²) in [5, 5.41) is 0. The van der Waals surface area contributed by atoms with E-state index in [1.807, 2.05) is 21.1 Å². The lowest BCUT2D eigenvalue weighted by Gasteiger charge is -2.24. The van der Waals surface area contributed by atoms with Crippen molar-refractivity contribution in [2.24, 2.45) is 0 Å². The van der Waals surface area contributed by atoms with Crippen molar-refractivity contribution in [3.8, 4) is 0 Å². The van der Waals surface area contributed by atoms with Crippen LogP contribution < -0.4 is 0 Å². The monoisotopic (exact) mass is 466 g/mol. The Morgan fingerprint density at radius 2 is 1.23 bits per heavy atom. The third-order valence-electron chi connectivity index (χ3n) is 5.32. The highest BCUT2D eigenvalue weighted by molar-refractivity contribution is 7.47. The summed E-state index contributed by atoms with van der Waals surface area (Å²) < 4.78 is 28.3. The first-order valence-electron chi connectivity index (χ1n) is 12.7. The number of quaternary nitrogens is 1. The molecule has 0 fully saturated rings. The summed E-state index contributed by atoms with van der Waals surface area (Å²) in [5.41, 5.74) is 0. The van der Waals surface area contributed by atoms with Crippen molar-refractivity contribution >= 4 is 7.82 Å². The van der Waals surface area contributed by atoms with E-state index in [1.165, 1.54) is 83.5 Å². The van der Waals surface area contributed by atoms with Crippen LogP contribution in [0.1, 0.15) is 104 Å². The van der Waals surface area contributed by atoms with Gasteiger partial charge in [0.15, 0.2) is 0 Å². The Morgan fingerprint density at radius 1 is 0.774 bits per heavy atom. The molecule has 0 aliphatic rings. The van der Waals surface area contributed by atoms with E-state index in [0.717, 1.165) is 6.42 Å². The number of hydrogen-bond acceptors (Lipinski definition) is 4.